The summed E-state index contributed by atoms with van der Waals surface area (Å²) in [4.78, 5) is 32.6. The smallest absolute Gasteiger partial charge is 0.338 e. The molecule has 0 N–H and O–H groups in total. The highest BCUT2D eigenvalue weighted by Crippen LogP contribution is 2.11. The summed E-state index contributed by atoms with van der Waals surface area (Å²) in [6.45, 7) is 0.979. The van der Waals surface area contributed by atoms with Gasteiger partial charge in [0.25, 0.3) is 6.54 Å². The summed E-state index contributed by atoms with van der Waals surface area (Å²) >= 11 is 0. The van der Waals surface area contributed by atoms with Crippen molar-refractivity contribution in [3.05, 3.63) is 45.5 Å². The lowest BCUT2D eigenvalue weighted by Crippen LogP contribution is -2.18. The molecule has 0 spiro atoms. The Kier molecular flexibility index (Phi) is 4.33. The third-order valence-electron chi connectivity index (χ3n) is 2.00. The predicted molar refractivity (Wildman–Crippen MR) is 58.6 cm³/mol. The van der Waals surface area contributed by atoms with Crippen LogP contribution in [0.25, 0.3) is 0 Å². The van der Waals surface area contributed by atoms with E-state index >= 15 is 0 Å². The van der Waals surface area contributed by atoms with Gasteiger partial charge in [0.2, 0.25) is 5.78 Å². The Morgan fingerprint density at radius 1 is 1.29 bits per heavy atom. The molecule has 0 amide bonds. The lowest BCUT2D eigenvalue weighted by atomic mass is 10.0. The Labute approximate surface area is 97.3 Å². The van der Waals surface area contributed by atoms with E-state index in [1.165, 1.54) is 18.2 Å². The molecule has 1 aromatic carbocycles. The number of carbonyl (C=O) groups excluding carboxylic acids is 2. The number of rotatable bonds is 5. The van der Waals surface area contributed by atoms with Crippen molar-refractivity contribution in [2.24, 2.45) is 0 Å². The molecule has 0 saturated carbocycles. The Morgan fingerprint density at radius 3 is 2.41 bits per heavy atom. The number of carbonyl (C=O) groups is 2. The van der Waals surface area contributed by atoms with E-state index in [9.17, 15) is 19.7 Å². The average molecular weight is 237 g/mol. The molecule has 0 radical (unpaired) electrons. The second-order valence-electron chi connectivity index (χ2n) is 3.18. The summed E-state index contributed by atoms with van der Waals surface area (Å²) in [6.07, 6.45) is 0. The molecule has 6 heteroatoms. The van der Waals surface area contributed by atoms with E-state index in [0.717, 1.165) is 0 Å². The van der Waals surface area contributed by atoms with Crippen molar-refractivity contribution < 1.29 is 19.2 Å². The van der Waals surface area contributed by atoms with E-state index in [0.29, 0.717) is 0 Å². The minimum atomic E-state index is -0.837. The normalized spacial score (nSPS) is 9.71. The third kappa shape index (κ3) is 3.37. The number of ether oxygens (including phenoxy) is 1. The van der Waals surface area contributed by atoms with Crippen molar-refractivity contribution in [3.8, 4) is 0 Å². The standard InChI is InChI=1S/C11H11NO5/c1-2-17-11(14)9-6-4-3-5-8(9)10(13)7-12(15)16/h3-6H,2,7H2,1H3. The van der Waals surface area contributed by atoms with Gasteiger partial charge < -0.3 is 4.74 Å². The van der Waals surface area contributed by atoms with Gasteiger partial charge in [-0.05, 0) is 13.0 Å². The number of nitro groups is 1. The third-order valence-corrected chi connectivity index (χ3v) is 2.00. The molecule has 6 nitrogen and oxygen atoms in total. The zero-order valence-corrected chi connectivity index (χ0v) is 9.21. The number of benzene rings is 1. The highest BCUT2D eigenvalue weighted by atomic mass is 16.6. The number of ketones is 1. The van der Waals surface area contributed by atoms with Gasteiger partial charge in [-0.1, -0.05) is 18.2 Å². The van der Waals surface area contributed by atoms with Gasteiger partial charge in [0.15, 0.2) is 0 Å². The van der Waals surface area contributed by atoms with Crippen molar-refractivity contribution >= 4 is 11.8 Å². The summed E-state index contributed by atoms with van der Waals surface area (Å²) in [5.41, 5.74) is 0.0730. The van der Waals surface area contributed by atoms with Crippen molar-refractivity contribution in [1.29, 1.82) is 0 Å². The number of esters is 1. The first kappa shape index (κ1) is 12.8. The highest BCUT2D eigenvalue weighted by molar-refractivity contribution is 6.06. The fourth-order valence-electron chi connectivity index (χ4n) is 1.32. The van der Waals surface area contributed by atoms with Crippen molar-refractivity contribution in [2.75, 3.05) is 13.2 Å². The molecule has 0 unspecified atom stereocenters. The van der Waals surface area contributed by atoms with Crippen LogP contribution in [-0.2, 0) is 4.74 Å². The number of nitrogens with zero attached hydrogens (tertiary/aromatic N) is 1. The molecule has 1 aromatic rings. The van der Waals surface area contributed by atoms with Crippen LogP contribution in [0.5, 0.6) is 0 Å². The zero-order chi connectivity index (χ0) is 12.8. The number of Topliss-reactive ketones (excluding diaryl/α,β-unsaturated/α-hetero) is 1. The van der Waals surface area contributed by atoms with Gasteiger partial charge in [0.1, 0.15) is 0 Å². The summed E-state index contributed by atoms with van der Waals surface area (Å²) in [5.74, 6) is -1.36. The van der Waals surface area contributed by atoms with Crippen LogP contribution in [0.15, 0.2) is 24.3 Å². The van der Waals surface area contributed by atoms with E-state index in [4.69, 9.17) is 4.74 Å². The van der Waals surface area contributed by atoms with E-state index in [1.807, 2.05) is 0 Å². The van der Waals surface area contributed by atoms with Crippen LogP contribution in [-0.4, -0.2) is 29.8 Å². The minimum Gasteiger partial charge on any atom is -0.462 e. The molecule has 90 valence electrons. The second kappa shape index (κ2) is 5.74. The van der Waals surface area contributed by atoms with Crippen molar-refractivity contribution in [1.82, 2.24) is 0 Å². The summed E-state index contributed by atoms with van der Waals surface area (Å²) in [5, 5.41) is 10.3. The van der Waals surface area contributed by atoms with Crippen LogP contribution in [0.3, 0.4) is 0 Å². The topological polar surface area (TPSA) is 86.5 Å². The number of hydrogen-bond acceptors (Lipinski definition) is 5. The molecule has 0 saturated heterocycles. The van der Waals surface area contributed by atoms with Gasteiger partial charge in [0, 0.05) is 10.5 Å². The lowest BCUT2D eigenvalue weighted by Gasteiger charge is -2.05. The lowest BCUT2D eigenvalue weighted by molar-refractivity contribution is -0.465. The van der Waals surface area contributed by atoms with Crippen LogP contribution in [0, 0.1) is 10.1 Å². The van der Waals surface area contributed by atoms with E-state index in [2.05, 4.69) is 0 Å². The molecule has 0 aliphatic rings. The van der Waals surface area contributed by atoms with Gasteiger partial charge in [-0.25, -0.2) is 4.79 Å². The molecular weight excluding hydrogens is 226 g/mol. The molecule has 0 fully saturated rings. The minimum absolute atomic E-state index is 0.0163. The first-order valence-electron chi connectivity index (χ1n) is 4.97. The Morgan fingerprint density at radius 2 is 1.88 bits per heavy atom. The maximum absolute atomic E-state index is 11.5. The Balaban J connectivity index is 3.03. The van der Waals surface area contributed by atoms with E-state index < -0.39 is 23.2 Å². The summed E-state index contributed by atoms with van der Waals surface area (Å²) in [7, 11) is 0. The van der Waals surface area contributed by atoms with Crippen LogP contribution >= 0.6 is 0 Å². The molecule has 0 atom stereocenters. The van der Waals surface area contributed by atoms with Gasteiger partial charge in [-0.15, -0.1) is 0 Å². The van der Waals surface area contributed by atoms with E-state index in [-0.39, 0.29) is 17.7 Å². The SMILES string of the molecule is CCOC(=O)c1ccccc1C(=O)C[N+](=O)[O-]. The van der Waals surface area contributed by atoms with Crippen LogP contribution in [0.1, 0.15) is 27.6 Å². The molecule has 0 heterocycles. The van der Waals surface area contributed by atoms with E-state index in [1.54, 1.807) is 13.0 Å². The predicted octanol–water partition coefficient (Wildman–Crippen LogP) is 1.32. The maximum atomic E-state index is 11.5. The quantitative estimate of drug-likeness (QED) is 0.333. The second-order valence-corrected chi connectivity index (χ2v) is 3.18. The highest BCUT2D eigenvalue weighted by Gasteiger charge is 2.20. The molecule has 0 aliphatic heterocycles. The fraction of sp³-hybridized carbons (Fsp3) is 0.273. The van der Waals surface area contributed by atoms with Crippen molar-refractivity contribution in [2.45, 2.75) is 6.92 Å². The molecule has 0 aliphatic carbocycles. The van der Waals surface area contributed by atoms with Crippen LogP contribution < -0.4 is 0 Å². The van der Waals surface area contributed by atoms with Gasteiger partial charge in [-0.3, -0.25) is 14.9 Å². The first-order chi connectivity index (χ1) is 8.06. The maximum Gasteiger partial charge on any atom is 0.338 e. The van der Waals surface area contributed by atoms with Gasteiger partial charge in [-0.2, -0.15) is 0 Å². The Hall–Kier alpha value is -2.24. The Bertz CT molecular complexity index is 455. The molecule has 17 heavy (non-hydrogen) atoms. The average Bonchev–Trinajstić information content (AvgIpc) is 2.28. The first-order valence-corrected chi connectivity index (χ1v) is 4.97. The largest absolute Gasteiger partial charge is 0.462 e. The molecule has 0 bridgehead atoms. The summed E-state index contributed by atoms with van der Waals surface area (Å²) in [6, 6.07) is 5.88. The number of hydrogen-bond donors (Lipinski definition) is 0. The van der Waals surface area contributed by atoms with Gasteiger partial charge in [0.05, 0.1) is 12.2 Å². The zero-order valence-electron chi connectivity index (χ0n) is 9.21. The monoisotopic (exact) mass is 237 g/mol. The summed E-state index contributed by atoms with van der Waals surface area (Å²) < 4.78 is 4.76. The molecular formula is C11H11NO5. The molecule has 1 rings (SSSR count). The fourth-order valence-corrected chi connectivity index (χ4v) is 1.32. The molecule has 0 aromatic heterocycles. The van der Waals surface area contributed by atoms with Crippen molar-refractivity contribution in [3.63, 3.8) is 0 Å². The van der Waals surface area contributed by atoms with Crippen LogP contribution in [0.2, 0.25) is 0 Å². The van der Waals surface area contributed by atoms with Crippen LogP contribution in [0.4, 0.5) is 0 Å². The van der Waals surface area contributed by atoms with Gasteiger partial charge >= 0.3 is 5.97 Å².